The van der Waals surface area contributed by atoms with Gasteiger partial charge in [0.15, 0.2) is 0 Å². The number of halogens is 2. The molecule has 0 unspecified atom stereocenters. The molecule has 0 aliphatic heterocycles. The molecule has 0 N–H and O–H groups in total. The summed E-state index contributed by atoms with van der Waals surface area (Å²) in [6.45, 7) is 0.287. The first-order valence-electron chi connectivity index (χ1n) is 3.21. The molecule has 2 nitrogen and oxygen atoms in total. The van der Waals surface area contributed by atoms with Crippen molar-refractivity contribution in [2.24, 2.45) is 4.99 Å². The molecule has 0 aliphatic carbocycles. The molecule has 0 atom stereocenters. The van der Waals surface area contributed by atoms with E-state index in [-0.39, 0.29) is 6.54 Å². The van der Waals surface area contributed by atoms with Crippen molar-refractivity contribution >= 4 is 33.6 Å². The summed E-state index contributed by atoms with van der Waals surface area (Å²) in [5.41, 5.74) is 0.822. The third kappa shape index (κ3) is 2.45. The molecule has 1 rings (SSSR count). The van der Waals surface area contributed by atoms with E-state index in [1.807, 2.05) is 12.1 Å². The van der Waals surface area contributed by atoms with Crippen LogP contribution in [0.5, 0.6) is 0 Å². The third-order valence-corrected chi connectivity index (χ3v) is 2.17. The van der Waals surface area contributed by atoms with E-state index in [1.54, 1.807) is 6.07 Å². The number of nitrogens with zero attached hydrogens (tertiary/aromatic N) is 1. The van der Waals surface area contributed by atoms with E-state index < -0.39 is 0 Å². The molecule has 0 aromatic heterocycles. The van der Waals surface area contributed by atoms with Gasteiger partial charge in [-0.05, 0) is 17.7 Å². The standard InChI is InChI=1S/C8H5BrClNO/c9-7-2-1-6(4-11-5-12)8(10)3-7/h1-3H,4H2. The summed E-state index contributed by atoms with van der Waals surface area (Å²) >= 11 is 9.12. The monoisotopic (exact) mass is 245 g/mol. The van der Waals surface area contributed by atoms with Crippen molar-refractivity contribution in [3.63, 3.8) is 0 Å². The number of aliphatic imine (C=N–C) groups is 1. The first-order valence-corrected chi connectivity index (χ1v) is 4.38. The molecule has 4 heteroatoms. The Hall–Kier alpha value is -0.630. The van der Waals surface area contributed by atoms with Crippen molar-refractivity contribution in [3.8, 4) is 0 Å². The maximum absolute atomic E-state index is 9.81. The van der Waals surface area contributed by atoms with Gasteiger partial charge in [-0.25, -0.2) is 9.79 Å². The number of carbonyl (C=O) groups excluding carboxylic acids is 1. The summed E-state index contributed by atoms with van der Waals surface area (Å²) in [6.07, 6.45) is 1.46. The van der Waals surface area contributed by atoms with Gasteiger partial charge in [-0.3, -0.25) is 0 Å². The number of hydrogen-bond acceptors (Lipinski definition) is 2. The second kappa shape index (κ2) is 4.41. The van der Waals surface area contributed by atoms with Crippen molar-refractivity contribution in [1.29, 1.82) is 0 Å². The van der Waals surface area contributed by atoms with E-state index in [9.17, 15) is 4.79 Å². The van der Waals surface area contributed by atoms with Gasteiger partial charge in [0.25, 0.3) is 0 Å². The lowest BCUT2D eigenvalue weighted by Crippen LogP contribution is -1.82. The molecule has 0 fully saturated rings. The first-order chi connectivity index (χ1) is 5.74. The quantitative estimate of drug-likeness (QED) is 0.583. The molecule has 62 valence electrons. The van der Waals surface area contributed by atoms with Crippen LogP contribution in [-0.2, 0) is 11.3 Å². The molecule has 12 heavy (non-hydrogen) atoms. The van der Waals surface area contributed by atoms with Gasteiger partial charge in [-0.1, -0.05) is 33.6 Å². The number of isocyanates is 1. The highest BCUT2D eigenvalue weighted by molar-refractivity contribution is 9.10. The van der Waals surface area contributed by atoms with Crippen LogP contribution in [0.2, 0.25) is 5.02 Å². The SMILES string of the molecule is O=C=NCc1ccc(Br)cc1Cl. The minimum absolute atomic E-state index is 0.287. The second-order valence-corrected chi connectivity index (χ2v) is 3.47. The highest BCUT2D eigenvalue weighted by atomic mass is 79.9. The summed E-state index contributed by atoms with van der Waals surface area (Å²) < 4.78 is 0.909. The Kier molecular flexibility index (Phi) is 3.48. The lowest BCUT2D eigenvalue weighted by molar-refractivity contribution is 0.563. The first kappa shape index (κ1) is 9.46. The Bertz CT molecular complexity index is 334. The van der Waals surface area contributed by atoms with Crippen molar-refractivity contribution < 1.29 is 4.79 Å². The van der Waals surface area contributed by atoms with Gasteiger partial charge in [0, 0.05) is 9.50 Å². The summed E-state index contributed by atoms with van der Waals surface area (Å²) in [6, 6.07) is 5.42. The van der Waals surface area contributed by atoms with Gasteiger partial charge in [-0.15, -0.1) is 0 Å². The van der Waals surface area contributed by atoms with Crippen LogP contribution in [0.3, 0.4) is 0 Å². The Morgan fingerprint density at radius 3 is 2.92 bits per heavy atom. The summed E-state index contributed by atoms with van der Waals surface area (Å²) in [4.78, 5) is 13.2. The van der Waals surface area contributed by atoms with Crippen molar-refractivity contribution in [2.75, 3.05) is 0 Å². The van der Waals surface area contributed by atoms with Crippen LogP contribution in [0.15, 0.2) is 27.7 Å². The minimum Gasteiger partial charge on any atom is -0.211 e. The summed E-state index contributed by atoms with van der Waals surface area (Å²) in [7, 11) is 0. The Morgan fingerprint density at radius 1 is 1.58 bits per heavy atom. The lowest BCUT2D eigenvalue weighted by Gasteiger charge is -1.98. The Balaban J connectivity index is 2.93. The zero-order chi connectivity index (χ0) is 8.97. The van der Waals surface area contributed by atoms with E-state index >= 15 is 0 Å². The molecular formula is C8H5BrClNO. The lowest BCUT2D eigenvalue weighted by atomic mass is 10.2. The van der Waals surface area contributed by atoms with Gasteiger partial charge >= 0.3 is 0 Å². The van der Waals surface area contributed by atoms with E-state index in [4.69, 9.17) is 11.6 Å². The molecule has 0 saturated heterocycles. The molecule has 0 aliphatic rings. The third-order valence-electron chi connectivity index (χ3n) is 1.33. The normalized spacial score (nSPS) is 9.17. The van der Waals surface area contributed by atoms with E-state index in [0.29, 0.717) is 5.02 Å². The topological polar surface area (TPSA) is 29.4 Å². The van der Waals surface area contributed by atoms with Crippen LogP contribution in [0.1, 0.15) is 5.56 Å². The molecule has 0 heterocycles. The maximum Gasteiger partial charge on any atom is 0.235 e. The van der Waals surface area contributed by atoms with E-state index in [0.717, 1.165) is 10.0 Å². The molecule has 0 saturated carbocycles. The minimum atomic E-state index is 0.287. The van der Waals surface area contributed by atoms with Crippen LogP contribution in [0.4, 0.5) is 0 Å². The number of benzene rings is 1. The molecule has 0 radical (unpaired) electrons. The molecular weight excluding hydrogens is 241 g/mol. The Labute approximate surface area is 83.4 Å². The average molecular weight is 246 g/mol. The van der Waals surface area contributed by atoms with Crippen LogP contribution < -0.4 is 0 Å². The van der Waals surface area contributed by atoms with Crippen molar-refractivity contribution in [1.82, 2.24) is 0 Å². The molecule has 0 bridgehead atoms. The van der Waals surface area contributed by atoms with Gasteiger partial charge in [0.2, 0.25) is 6.08 Å². The van der Waals surface area contributed by atoms with Gasteiger partial charge in [-0.2, -0.15) is 0 Å². The highest BCUT2D eigenvalue weighted by Gasteiger charge is 1.98. The summed E-state index contributed by atoms with van der Waals surface area (Å²) in [5, 5.41) is 0.600. The number of hydrogen-bond donors (Lipinski definition) is 0. The molecule has 0 spiro atoms. The largest absolute Gasteiger partial charge is 0.235 e. The fraction of sp³-hybridized carbons (Fsp3) is 0.125. The van der Waals surface area contributed by atoms with E-state index in [2.05, 4.69) is 20.9 Å². The Morgan fingerprint density at radius 2 is 2.33 bits per heavy atom. The zero-order valence-electron chi connectivity index (χ0n) is 6.05. The highest BCUT2D eigenvalue weighted by Crippen LogP contribution is 2.21. The molecule has 1 aromatic rings. The second-order valence-electron chi connectivity index (χ2n) is 2.14. The smallest absolute Gasteiger partial charge is 0.211 e. The number of rotatable bonds is 2. The van der Waals surface area contributed by atoms with Crippen molar-refractivity contribution in [3.05, 3.63) is 33.3 Å². The van der Waals surface area contributed by atoms with Crippen LogP contribution in [0, 0.1) is 0 Å². The van der Waals surface area contributed by atoms with Gasteiger partial charge < -0.3 is 0 Å². The molecule has 0 amide bonds. The van der Waals surface area contributed by atoms with Crippen LogP contribution >= 0.6 is 27.5 Å². The predicted molar refractivity (Wildman–Crippen MR) is 51.0 cm³/mol. The van der Waals surface area contributed by atoms with E-state index in [1.165, 1.54) is 6.08 Å². The van der Waals surface area contributed by atoms with Crippen LogP contribution in [-0.4, -0.2) is 6.08 Å². The summed E-state index contributed by atoms with van der Waals surface area (Å²) in [5.74, 6) is 0. The zero-order valence-corrected chi connectivity index (χ0v) is 8.39. The van der Waals surface area contributed by atoms with Crippen LogP contribution in [0.25, 0.3) is 0 Å². The maximum atomic E-state index is 9.81. The molecule has 1 aromatic carbocycles. The predicted octanol–water partition coefficient (Wildman–Crippen LogP) is 2.94. The van der Waals surface area contributed by atoms with Gasteiger partial charge in [0.1, 0.15) is 0 Å². The van der Waals surface area contributed by atoms with Crippen molar-refractivity contribution in [2.45, 2.75) is 6.54 Å². The fourth-order valence-electron chi connectivity index (χ4n) is 0.767. The average Bonchev–Trinajstić information content (AvgIpc) is 2.03. The van der Waals surface area contributed by atoms with Gasteiger partial charge in [0.05, 0.1) is 6.54 Å². The fourth-order valence-corrected chi connectivity index (χ4v) is 1.50.